The topological polar surface area (TPSA) is 53.6 Å². The molecule has 4 heteroatoms. The average Bonchev–Trinajstić information content (AvgIpc) is 2.37. The number of hydrogen-bond donors (Lipinski definition) is 2. The predicted molar refractivity (Wildman–Crippen MR) is 79.0 cm³/mol. The number of anilines is 1. The summed E-state index contributed by atoms with van der Waals surface area (Å²) in [5.74, 6) is 0.527. The number of aliphatic imine (C=N–C) groups is 1. The maximum Gasteiger partial charge on any atom is 0.188 e. The van der Waals surface area contributed by atoms with Gasteiger partial charge in [-0.15, -0.1) is 0 Å². The van der Waals surface area contributed by atoms with Crippen LogP contribution in [0.4, 0.5) is 5.69 Å². The average molecular weight is 248 g/mol. The van der Waals surface area contributed by atoms with Crippen LogP contribution in [0.3, 0.4) is 0 Å². The molecular formula is C14H24N4. The zero-order chi connectivity index (χ0) is 13.4. The maximum absolute atomic E-state index is 5.79. The molecular weight excluding hydrogens is 224 g/mol. The zero-order valence-corrected chi connectivity index (χ0v) is 11.6. The van der Waals surface area contributed by atoms with E-state index in [1.165, 1.54) is 11.3 Å². The van der Waals surface area contributed by atoms with Crippen LogP contribution >= 0.6 is 0 Å². The van der Waals surface area contributed by atoms with Gasteiger partial charge in [0.05, 0.1) is 6.54 Å². The largest absolute Gasteiger partial charge is 0.378 e. The molecule has 0 unspecified atom stereocenters. The van der Waals surface area contributed by atoms with Crippen LogP contribution in [0.15, 0.2) is 29.3 Å². The standard InChI is InChI=1S/C14H24N4/c1-4-5-9-16-14(15)17-11-12-7-6-8-13(10-12)18(2)3/h6-8,10H,4-5,9,11H2,1-3H3,(H3,15,16,17). The summed E-state index contributed by atoms with van der Waals surface area (Å²) in [6, 6.07) is 8.32. The molecule has 100 valence electrons. The monoisotopic (exact) mass is 248 g/mol. The van der Waals surface area contributed by atoms with Gasteiger partial charge in [0.15, 0.2) is 5.96 Å². The fraction of sp³-hybridized carbons (Fsp3) is 0.500. The van der Waals surface area contributed by atoms with Gasteiger partial charge in [0.2, 0.25) is 0 Å². The summed E-state index contributed by atoms with van der Waals surface area (Å²) in [6.45, 7) is 3.66. The normalized spacial score (nSPS) is 11.4. The number of rotatable bonds is 6. The van der Waals surface area contributed by atoms with E-state index in [-0.39, 0.29) is 0 Å². The van der Waals surface area contributed by atoms with E-state index in [0.29, 0.717) is 12.5 Å². The minimum atomic E-state index is 0.527. The summed E-state index contributed by atoms with van der Waals surface area (Å²) in [5.41, 5.74) is 8.14. The first-order valence-electron chi connectivity index (χ1n) is 6.43. The van der Waals surface area contributed by atoms with Crippen molar-refractivity contribution in [3.05, 3.63) is 29.8 Å². The number of guanidine groups is 1. The Morgan fingerprint density at radius 2 is 2.17 bits per heavy atom. The molecule has 0 aliphatic heterocycles. The lowest BCUT2D eigenvalue weighted by molar-refractivity contribution is 0.748. The van der Waals surface area contributed by atoms with Gasteiger partial charge in [-0.1, -0.05) is 25.5 Å². The summed E-state index contributed by atoms with van der Waals surface area (Å²) in [6.07, 6.45) is 2.28. The van der Waals surface area contributed by atoms with Crippen molar-refractivity contribution in [1.29, 1.82) is 0 Å². The molecule has 0 amide bonds. The quantitative estimate of drug-likeness (QED) is 0.460. The first-order chi connectivity index (χ1) is 8.63. The molecule has 0 aliphatic rings. The van der Waals surface area contributed by atoms with Crippen LogP contribution in [0.2, 0.25) is 0 Å². The molecule has 4 nitrogen and oxygen atoms in total. The van der Waals surface area contributed by atoms with Crippen molar-refractivity contribution >= 4 is 11.6 Å². The number of hydrogen-bond acceptors (Lipinski definition) is 2. The second kappa shape index (κ2) is 7.58. The summed E-state index contributed by atoms with van der Waals surface area (Å²) in [4.78, 5) is 6.41. The summed E-state index contributed by atoms with van der Waals surface area (Å²) < 4.78 is 0. The highest BCUT2D eigenvalue weighted by molar-refractivity contribution is 5.77. The van der Waals surface area contributed by atoms with Crippen molar-refractivity contribution in [3.8, 4) is 0 Å². The number of nitrogens with one attached hydrogen (secondary N) is 1. The molecule has 0 atom stereocenters. The van der Waals surface area contributed by atoms with Gasteiger partial charge in [-0.3, -0.25) is 0 Å². The Bertz CT molecular complexity index is 385. The van der Waals surface area contributed by atoms with Crippen LogP contribution in [0.5, 0.6) is 0 Å². The van der Waals surface area contributed by atoms with Gasteiger partial charge in [-0.2, -0.15) is 0 Å². The van der Waals surface area contributed by atoms with E-state index in [0.717, 1.165) is 19.4 Å². The third-order valence-electron chi connectivity index (χ3n) is 2.70. The molecule has 0 aliphatic carbocycles. The Labute approximate surface area is 110 Å². The smallest absolute Gasteiger partial charge is 0.188 e. The number of nitrogens with two attached hydrogens (primary N) is 1. The van der Waals surface area contributed by atoms with Crippen molar-refractivity contribution in [2.75, 3.05) is 25.5 Å². The van der Waals surface area contributed by atoms with Crippen molar-refractivity contribution in [2.45, 2.75) is 26.3 Å². The predicted octanol–water partition coefficient (Wildman–Crippen LogP) is 1.96. The Morgan fingerprint density at radius 3 is 2.83 bits per heavy atom. The van der Waals surface area contributed by atoms with Gasteiger partial charge >= 0.3 is 0 Å². The second-order valence-electron chi connectivity index (χ2n) is 4.55. The summed E-state index contributed by atoms with van der Waals surface area (Å²) in [7, 11) is 4.06. The lowest BCUT2D eigenvalue weighted by Crippen LogP contribution is -2.32. The van der Waals surface area contributed by atoms with Crippen molar-refractivity contribution in [2.24, 2.45) is 10.7 Å². The van der Waals surface area contributed by atoms with Crippen LogP contribution in [0.25, 0.3) is 0 Å². The number of nitrogens with zero attached hydrogens (tertiary/aromatic N) is 2. The van der Waals surface area contributed by atoms with E-state index in [4.69, 9.17) is 5.73 Å². The molecule has 0 bridgehead atoms. The molecule has 1 aromatic carbocycles. The Balaban J connectivity index is 2.51. The molecule has 0 saturated carbocycles. The van der Waals surface area contributed by atoms with Crippen LogP contribution in [-0.4, -0.2) is 26.6 Å². The SMILES string of the molecule is CCCCNC(N)=NCc1cccc(N(C)C)c1. The third-order valence-corrected chi connectivity index (χ3v) is 2.70. The second-order valence-corrected chi connectivity index (χ2v) is 4.55. The zero-order valence-electron chi connectivity index (χ0n) is 11.6. The highest BCUT2D eigenvalue weighted by atomic mass is 15.1. The van der Waals surface area contributed by atoms with E-state index in [1.54, 1.807) is 0 Å². The molecule has 18 heavy (non-hydrogen) atoms. The summed E-state index contributed by atoms with van der Waals surface area (Å²) in [5, 5.41) is 3.11. The highest BCUT2D eigenvalue weighted by Crippen LogP contribution is 2.13. The van der Waals surface area contributed by atoms with E-state index < -0.39 is 0 Å². The first kappa shape index (κ1) is 14.4. The Morgan fingerprint density at radius 1 is 1.39 bits per heavy atom. The molecule has 0 radical (unpaired) electrons. The van der Waals surface area contributed by atoms with Crippen molar-refractivity contribution < 1.29 is 0 Å². The van der Waals surface area contributed by atoms with Gasteiger partial charge in [0.25, 0.3) is 0 Å². The van der Waals surface area contributed by atoms with E-state index in [9.17, 15) is 0 Å². The van der Waals surface area contributed by atoms with Crippen LogP contribution in [0.1, 0.15) is 25.3 Å². The first-order valence-corrected chi connectivity index (χ1v) is 6.43. The minimum Gasteiger partial charge on any atom is -0.378 e. The number of unbranched alkanes of at least 4 members (excludes halogenated alkanes) is 1. The van der Waals surface area contributed by atoms with E-state index in [2.05, 4.69) is 40.3 Å². The Hall–Kier alpha value is -1.71. The molecule has 0 spiro atoms. The minimum absolute atomic E-state index is 0.527. The van der Waals surface area contributed by atoms with Crippen LogP contribution < -0.4 is 16.0 Å². The van der Waals surface area contributed by atoms with Gasteiger partial charge < -0.3 is 16.0 Å². The van der Waals surface area contributed by atoms with Crippen LogP contribution in [0, 0.1) is 0 Å². The van der Waals surface area contributed by atoms with Gasteiger partial charge in [-0.05, 0) is 24.1 Å². The van der Waals surface area contributed by atoms with Crippen molar-refractivity contribution in [3.63, 3.8) is 0 Å². The highest BCUT2D eigenvalue weighted by Gasteiger charge is 1.97. The van der Waals surface area contributed by atoms with E-state index >= 15 is 0 Å². The molecule has 0 aromatic heterocycles. The molecule has 0 fully saturated rings. The molecule has 0 heterocycles. The molecule has 1 aromatic rings. The number of benzene rings is 1. The molecule has 3 N–H and O–H groups in total. The molecule has 0 saturated heterocycles. The lowest BCUT2D eigenvalue weighted by Gasteiger charge is -2.13. The lowest BCUT2D eigenvalue weighted by atomic mass is 10.2. The fourth-order valence-electron chi connectivity index (χ4n) is 1.56. The Kier molecular flexibility index (Phi) is 6.05. The van der Waals surface area contributed by atoms with Gasteiger partial charge in [-0.25, -0.2) is 4.99 Å². The summed E-state index contributed by atoms with van der Waals surface area (Å²) >= 11 is 0. The van der Waals surface area contributed by atoms with E-state index in [1.807, 2.05) is 20.2 Å². The van der Waals surface area contributed by atoms with Gasteiger partial charge in [0, 0.05) is 26.3 Å². The van der Waals surface area contributed by atoms with Crippen molar-refractivity contribution in [1.82, 2.24) is 5.32 Å². The fourth-order valence-corrected chi connectivity index (χ4v) is 1.56. The maximum atomic E-state index is 5.79. The van der Waals surface area contributed by atoms with Gasteiger partial charge in [0.1, 0.15) is 0 Å². The molecule has 1 rings (SSSR count). The third kappa shape index (κ3) is 5.08. The van der Waals surface area contributed by atoms with Crippen LogP contribution in [-0.2, 0) is 6.54 Å².